The van der Waals surface area contributed by atoms with Crippen molar-refractivity contribution < 1.29 is 14.7 Å². The van der Waals surface area contributed by atoms with Crippen LogP contribution in [0.25, 0.3) is 0 Å². The van der Waals surface area contributed by atoms with Crippen LogP contribution < -0.4 is 0 Å². The molecule has 0 aromatic heterocycles. The first-order valence-corrected chi connectivity index (χ1v) is 4.45. The summed E-state index contributed by atoms with van der Waals surface area (Å²) < 4.78 is 0. The molecule has 0 bridgehead atoms. The van der Waals surface area contributed by atoms with Crippen LogP contribution in [0.2, 0.25) is 0 Å². The number of nitrogens with zero attached hydrogens (tertiary/aromatic N) is 1. The van der Waals surface area contributed by atoms with E-state index in [1.807, 2.05) is 13.8 Å². The minimum absolute atomic E-state index is 0.0435. The van der Waals surface area contributed by atoms with Crippen molar-refractivity contribution in [1.29, 1.82) is 0 Å². The van der Waals surface area contributed by atoms with Crippen molar-refractivity contribution in [3.63, 3.8) is 0 Å². The third kappa shape index (κ3) is 2.20. The highest BCUT2D eigenvalue weighted by Crippen LogP contribution is 2.30. The first-order chi connectivity index (χ1) is 5.93. The van der Waals surface area contributed by atoms with E-state index in [4.69, 9.17) is 5.11 Å². The molecule has 0 aromatic rings. The molecular formula is C9H15NO3. The molecule has 1 N–H and O–H groups in total. The normalized spacial score (nSPS) is 20.8. The molecule has 0 radical (unpaired) electrons. The highest BCUT2D eigenvalue weighted by atomic mass is 16.4. The van der Waals surface area contributed by atoms with E-state index in [1.54, 1.807) is 4.90 Å². The number of amides is 1. The van der Waals surface area contributed by atoms with E-state index in [0.717, 1.165) is 6.42 Å². The first-order valence-electron chi connectivity index (χ1n) is 4.45. The maximum absolute atomic E-state index is 11.6. The van der Waals surface area contributed by atoms with Crippen molar-refractivity contribution in [1.82, 2.24) is 4.90 Å². The Morgan fingerprint density at radius 3 is 2.62 bits per heavy atom. The monoisotopic (exact) mass is 185 g/mol. The number of carbonyl (C=O) groups is 2. The van der Waals surface area contributed by atoms with Crippen LogP contribution in [-0.2, 0) is 9.59 Å². The van der Waals surface area contributed by atoms with Gasteiger partial charge in [-0.2, -0.15) is 0 Å². The molecule has 0 aromatic carbocycles. The number of carbonyl (C=O) groups excluding carboxylic acids is 1. The summed E-state index contributed by atoms with van der Waals surface area (Å²) in [6, 6.07) is 0. The Bertz CT molecular complexity index is 235. The molecule has 0 unspecified atom stereocenters. The number of aliphatic carboxylic acids is 1. The zero-order valence-corrected chi connectivity index (χ0v) is 8.04. The number of carboxylic acids is 1. The topological polar surface area (TPSA) is 57.6 Å². The van der Waals surface area contributed by atoms with Gasteiger partial charge < -0.3 is 10.0 Å². The molecule has 0 saturated carbocycles. The summed E-state index contributed by atoms with van der Waals surface area (Å²) in [5.74, 6) is -0.772. The average Bonchev–Trinajstić information content (AvgIpc) is 2.25. The van der Waals surface area contributed by atoms with E-state index < -0.39 is 5.97 Å². The van der Waals surface area contributed by atoms with Gasteiger partial charge in [-0.25, -0.2) is 0 Å². The van der Waals surface area contributed by atoms with Gasteiger partial charge in [0.2, 0.25) is 5.91 Å². The van der Waals surface area contributed by atoms with E-state index in [-0.39, 0.29) is 17.7 Å². The van der Waals surface area contributed by atoms with Crippen molar-refractivity contribution in [2.45, 2.75) is 26.7 Å². The lowest BCUT2D eigenvalue weighted by molar-refractivity contribution is -0.139. The molecule has 1 amide bonds. The van der Waals surface area contributed by atoms with Crippen molar-refractivity contribution in [3.05, 3.63) is 0 Å². The van der Waals surface area contributed by atoms with E-state index in [0.29, 0.717) is 13.1 Å². The average molecular weight is 185 g/mol. The van der Waals surface area contributed by atoms with Crippen LogP contribution in [0.4, 0.5) is 0 Å². The van der Waals surface area contributed by atoms with Gasteiger partial charge in [-0.15, -0.1) is 0 Å². The molecule has 1 fully saturated rings. The van der Waals surface area contributed by atoms with E-state index in [2.05, 4.69) is 0 Å². The quantitative estimate of drug-likeness (QED) is 0.704. The summed E-state index contributed by atoms with van der Waals surface area (Å²) in [6.45, 7) is 4.84. The van der Waals surface area contributed by atoms with Gasteiger partial charge in [0.15, 0.2) is 0 Å². The number of carboxylic acid groups (broad SMARTS) is 1. The van der Waals surface area contributed by atoms with Gasteiger partial charge in [0.05, 0.1) is 6.42 Å². The van der Waals surface area contributed by atoms with Crippen LogP contribution in [0.1, 0.15) is 26.7 Å². The zero-order valence-electron chi connectivity index (χ0n) is 8.04. The van der Waals surface area contributed by atoms with Gasteiger partial charge in [0, 0.05) is 18.5 Å². The van der Waals surface area contributed by atoms with Gasteiger partial charge in [-0.1, -0.05) is 13.8 Å². The Balaban J connectivity index is 2.47. The minimum Gasteiger partial charge on any atom is -0.481 e. The fourth-order valence-electron chi connectivity index (χ4n) is 1.49. The van der Waals surface area contributed by atoms with E-state index in [9.17, 15) is 9.59 Å². The van der Waals surface area contributed by atoms with Crippen LogP contribution in [0, 0.1) is 5.41 Å². The van der Waals surface area contributed by atoms with Crippen molar-refractivity contribution in [2.24, 2.45) is 5.41 Å². The second-order valence-corrected chi connectivity index (χ2v) is 4.07. The van der Waals surface area contributed by atoms with Gasteiger partial charge in [-0.3, -0.25) is 9.59 Å². The zero-order chi connectivity index (χ0) is 10.1. The number of hydrogen-bond acceptors (Lipinski definition) is 2. The summed E-state index contributed by atoms with van der Waals surface area (Å²) in [5.41, 5.74) is -0.293. The van der Waals surface area contributed by atoms with Crippen molar-refractivity contribution >= 4 is 11.9 Å². The second-order valence-electron chi connectivity index (χ2n) is 4.07. The maximum atomic E-state index is 11.6. The fraction of sp³-hybridized carbons (Fsp3) is 0.778. The van der Waals surface area contributed by atoms with Crippen LogP contribution in [0.15, 0.2) is 0 Å². The highest BCUT2D eigenvalue weighted by molar-refractivity contribution is 5.84. The number of hydrogen-bond donors (Lipinski definition) is 1. The Morgan fingerprint density at radius 2 is 2.23 bits per heavy atom. The van der Waals surface area contributed by atoms with Gasteiger partial charge in [0.1, 0.15) is 0 Å². The SMILES string of the molecule is CC1(C)CCN(CCC(=O)O)C1=O. The molecule has 0 atom stereocenters. The van der Waals surface area contributed by atoms with Crippen LogP contribution in [0.3, 0.4) is 0 Å². The third-order valence-electron chi connectivity index (χ3n) is 2.47. The smallest absolute Gasteiger partial charge is 0.305 e. The van der Waals surface area contributed by atoms with Crippen LogP contribution >= 0.6 is 0 Å². The third-order valence-corrected chi connectivity index (χ3v) is 2.47. The molecule has 1 aliphatic heterocycles. The molecule has 4 heteroatoms. The molecule has 1 saturated heterocycles. The van der Waals surface area contributed by atoms with Crippen molar-refractivity contribution in [2.75, 3.05) is 13.1 Å². The molecule has 1 rings (SSSR count). The molecule has 0 spiro atoms. The van der Waals surface area contributed by atoms with Crippen molar-refractivity contribution in [3.8, 4) is 0 Å². The van der Waals surface area contributed by atoms with Gasteiger partial charge >= 0.3 is 5.97 Å². The minimum atomic E-state index is -0.850. The van der Waals surface area contributed by atoms with E-state index >= 15 is 0 Å². The highest BCUT2D eigenvalue weighted by Gasteiger charge is 2.38. The lowest BCUT2D eigenvalue weighted by atomic mass is 9.92. The Labute approximate surface area is 77.5 Å². The molecule has 13 heavy (non-hydrogen) atoms. The first kappa shape index (κ1) is 10.0. The van der Waals surface area contributed by atoms with Crippen LogP contribution in [0.5, 0.6) is 0 Å². The molecule has 1 aliphatic rings. The Kier molecular flexibility index (Phi) is 2.59. The standard InChI is InChI=1S/C9H15NO3/c1-9(2)4-6-10(8(9)13)5-3-7(11)12/h3-6H2,1-2H3,(H,11,12). The number of rotatable bonds is 3. The van der Waals surface area contributed by atoms with Gasteiger partial charge in [-0.05, 0) is 6.42 Å². The fourth-order valence-corrected chi connectivity index (χ4v) is 1.49. The summed E-state index contributed by atoms with van der Waals surface area (Å²) in [7, 11) is 0. The molecule has 1 heterocycles. The van der Waals surface area contributed by atoms with Gasteiger partial charge in [0.25, 0.3) is 0 Å². The molecule has 0 aliphatic carbocycles. The predicted octanol–water partition coefficient (Wildman–Crippen LogP) is 0.720. The Hall–Kier alpha value is -1.06. The molecule has 4 nitrogen and oxygen atoms in total. The Morgan fingerprint density at radius 1 is 1.62 bits per heavy atom. The van der Waals surface area contributed by atoms with E-state index in [1.165, 1.54) is 0 Å². The molecule has 74 valence electrons. The predicted molar refractivity (Wildman–Crippen MR) is 47.2 cm³/mol. The van der Waals surface area contributed by atoms with Crippen LogP contribution in [-0.4, -0.2) is 35.0 Å². The lowest BCUT2D eigenvalue weighted by Gasteiger charge is -2.18. The summed E-state index contributed by atoms with van der Waals surface area (Å²) in [6.07, 6.45) is 0.868. The number of likely N-dealkylation sites (tertiary alicyclic amines) is 1. The second kappa shape index (κ2) is 3.36. The molecular weight excluding hydrogens is 170 g/mol. The maximum Gasteiger partial charge on any atom is 0.305 e. The lowest BCUT2D eigenvalue weighted by Crippen LogP contribution is -2.32. The summed E-state index contributed by atoms with van der Waals surface area (Å²) >= 11 is 0. The largest absolute Gasteiger partial charge is 0.481 e. The summed E-state index contributed by atoms with van der Waals surface area (Å²) in [5, 5.41) is 8.45. The summed E-state index contributed by atoms with van der Waals surface area (Å²) in [4.78, 5) is 23.5.